The van der Waals surface area contributed by atoms with Crippen molar-refractivity contribution in [1.82, 2.24) is 0 Å². The molecule has 0 fully saturated rings. The van der Waals surface area contributed by atoms with Crippen LogP contribution in [0.1, 0.15) is 90.4 Å². The fourth-order valence-corrected chi connectivity index (χ4v) is 2.02. The largest absolute Gasteiger partial charge is 0.343 e. The van der Waals surface area contributed by atoms with Crippen LogP contribution >= 0.6 is 0 Å². The molecule has 0 nitrogen and oxygen atoms in total. The van der Waals surface area contributed by atoms with Gasteiger partial charge < -0.3 is 6.92 Å². The third-order valence-corrected chi connectivity index (χ3v) is 3.10. The van der Waals surface area contributed by atoms with Gasteiger partial charge in [-0.25, -0.2) is 0 Å². The van der Waals surface area contributed by atoms with Crippen molar-refractivity contribution in [3.63, 3.8) is 0 Å². The summed E-state index contributed by atoms with van der Waals surface area (Å²) in [6, 6.07) is 0. The van der Waals surface area contributed by atoms with E-state index in [0.717, 1.165) is 6.42 Å². The summed E-state index contributed by atoms with van der Waals surface area (Å²) in [6.07, 6.45) is 18.3. The zero-order valence-electron chi connectivity index (χ0n) is 11.4. The minimum Gasteiger partial charge on any atom is -0.343 e. The molecule has 0 saturated heterocycles. The topological polar surface area (TPSA) is 0 Å². The van der Waals surface area contributed by atoms with Gasteiger partial charge in [0.1, 0.15) is 0 Å². The predicted octanol–water partition coefficient (Wildman–Crippen LogP) is 5.91. The summed E-state index contributed by atoms with van der Waals surface area (Å²) >= 11 is 0. The molecule has 0 aliphatic heterocycles. The first-order valence-corrected chi connectivity index (χ1v) is 7.21. The molecule has 0 aromatic rings. The fourth-order valence-electron chi connectivity index (χ4n) is 2.02. The number of hydrogen-bond donors (Lipinski definition) is 0. The maximum Gasteiger partial charge on any atom is 0 e. The van der Waals surface area contributed by atoms with E-state index in [1.807, 2.05) is 0 Å². The van der Waals surface area contributed by atoms with E-state index < -0.39 is 0 Å². The van der Waals surface area contributed by atoms with Gasteiger partial charge in [-0.2, -0.15) is 6.42 Å². The zero-order chi connectivity index (χ0) is 11.2. The molecule has 0 saturated carbocycles. The number of hydrogen-bond acceptors (Lipinski definition) is 0. The molecule has 1 heteroatoms. The first-order valence-electron chi connectivity index (χ1n) is 7.21. The van der Waals surface area contributed by atoms with Crippen LogP contribution in [-0.2, 0) is 21.7 Å². The Morgan fingerprint density at radius 3 is 1.19 bits per heavy atom. The Labute approximate surface area is 119 Å². The Kier molecular flexibility index (Phi) is 21.6. The van der Waals surface area contributed by atoms with E-state index in [4.69, 9.17) is 0 Å². The molecule has 16 heavy (non-hydrogen) atoms. The van der Waals surface area contributed by atoms with Crippen molar-refractivity contribution in [3.8, 4) is 0 Å². The van der Waals surface area contributed by atoms with Gasteiger partial charge >= 0.3 is 0 Å². The van der Waals surface area contributed by atoms with E-state index in [0.29, 0.717) is 0 Å². The molecule has 96 valence electrons. The average Bonchev–Trinajstić information content (AvgIpc) is 2.26. The second-order valence-electron chi connectivity index (χ2n) is 4.74. The first kappa shape index (κ1) is 19.1. The molecule has 0 rings (SSSR count). The molecule has 0 atom stereocenters. The molecule has 0 aliphatic carbocycles. The second kappa shape index (κ2) is 18.1. The predicted molar refractivity (Wildman–Crippen MR) is 71.1 cm³/mol. The molecule has 0 unspecified atom stereocenters. The van der Waals surface area contributed by atoms with Gasteiger partial charge in [0.15, 0.2) is 0 Å². The van der Waals surface area contributed by atoms with Gasteiger partial charge in [-0.15, -0.1) is 0 Å². The molecule has 0 aromatic heterocycles. The fraction of sp³-hybridized carbons (Fsp3) is 0.933. The van der Waals surface area contributed by atoms with Crippen LogP contribution in [0.2, 0.25) is 0 Å². The SMILES string of the molecule is [CH2-]CCCCCCCCCCCCCC.[Ti]. The van der Waals surface area contributed by atoms with Crippen molar-refractivity contribution in [3.05, 3.63) is 6.92 Å². The van der Waals surface area contributed by atoms with E-state index in [1.165, 1.54) is 77.0 Å². The Morgan fingerprint density at radius 2 is 0.875 bits per heavy atom. The summed E-state index contributed by atoms with van der Waals surface area (Å²) in [6.45, 7) is 6.15. The van der Waals surface area contributed by atoms with Crippen LogP contribution in [0.25, 0.3) is 0 Å². The van der Waals surface area contributed by atoms with Crippen molar-refractivity contribution in [2.45, 2.75) is 90.4 Å². The van der Waals surface area contributed by atoms with Gasteiger partial charge in [-0.3, -0.25) is 0 Å². The van der Waals surface area contributed by atoms with Gasteiger partial charge in [0.2, 0.25) is 0 Å². The monoisotopic (exact) mass is 259 g/mol. The summed E-state index contributed by atoms with van der Waals surface area (Å²) in [5.74, 6) is 0. The molecule has 0 bridgehead atoms. The standard InChI is InChI=1S/C15H31.Ti/c1-3-5-7-9-11-13-15-14-12-10-8-6-4-2;/h1,3-15H2,2H3;/q-1;. The van der Waals surface area contributed by atoms with Crippen molar-refractivity contribution < 1.29 is 21.7 Å². The van der Waals surface area contributed by atoms with Crippen molar-refractivity contribution >= 4 is 0 Å². The zero-order valence-corrected chi connectivity index (χ0v) is 13.0. The third kappa shape index (κ3) is 17.1. The van der Waals surface area contributed by atoms with Gasteiger partial charge in [-0.1, -0.05) is 84.0 Å². The molecule has 0 amide bonds. The van der Waals surface area contributed by atoms with Crippen LogP contribution in [0.3, 0.4) is 0 Å². The molecule has 0 heterocycles. The molecule has 0 spiro atoms. The Hall–Kier alpha value is 0.714. The van der Waals surface area contributed by atoms with E-state index in [-0.39, 0.29) is 21.7 Å². The van der Waals surface area contributed by atoms with Crippen LogP contribution in [0.15, 0.2) is 0 Å². The van der Waals surface area contributed by atoms with Crippen molar-refractivity contribution in [1.29, 1.82) is 0 Å². The summed E-state index contributed by atoms with van der Waals surface area (Å²) in [7, 11) is 0. The first-order chi connectivity index (χ1) is 7.41. The summed E-state index contributed by atoms with van der Waals surface area (Å²) in [4.78, 5) is 0. The summed E-state index contributed by atoms with van der Waals surface area (Å²) < 4.78 is 0. The van der Waals surface area contributed by atoms with Crippen LogP contribution in [-0.4, -0.2) is 0 Å². The minimum atomic E-state index is 0. The van der Waals surface area contributed by atoms with E-state index in [9.17, 15) is 0 Å². The molecule has 0 N–H and O–H groups in total. The normalized spacial score (nSPS) is 10.1. The quantitative estimate of drug-likeness (QED) is 0.232. The smallest absolute Gasteiger partial charge is 0 e. The van der Waals surface area contributed by atoms with Crippen LogP contribution in [0.5, 0.6) is 0 Å². The van der Waals surface area contributed by atoms with Gasteiger partial charge in [0.05, 0.1) is 0 Å². The average molecular weight is 259 g/mol. The Bertz CT molecular complexity index is 89.6. The number of rotatable bonds is 12. The third-order valence-electron chi connectivity index (χ3n) is 3.10. The van der Waals surface area contributed by atoms with E-state index >= 15 is 0 Å². The maximum absolute atomic E-state index is 3.87. The Morgan fingerprint density at radius 1 is 0.562 bits per heavy atom. The van der Waals surface area contributed by atoms with Gasteiger partial charge in [0, 0.05) is 21.7 Å². The van der Waals surface area contributed by atoms with Crippen LogP contribution in [0, 0.1) is 6.92 Å². The van der Waals surface area contributed by atoms with Crippen molar-refractivity contribution in [2.75, 3.05) is 0 Å². The molecule has 0 aliphatic rings. The van der Waals surface area contributed by atoms with Crippen LogP contribution < -0.4 is 0 Å². The molecule has 0 aromatic carbocycles. The maximum atomic E-state index is 3.87. The van der Waals surface area contributed by atoms with Gasteiger partial charge in [0.25, 0.3) is 0 Å². The summed E-state index contributed by atoms with van der Waals surface area (Å²) in [5, 5.41) is 0. The summed E-state index contributed by atoms with van der Waals surface area (Å²) in [5.41, 5.74) is 0. The Balaban J connectivity index is 0. The molecular formula is C15H31Ti-. The van der Waals surface area contributed by atoms with Crippen LogP contribution in [0.4, 0.5) is 0 Å². The van der Waals surface area contributed by atoms with Crippen molar-refractivity contribution in [2.24, 2.45) is 0 Å². The van der Waals surface area contributed by atoms with E-state index in [2.05, 4.69) is 13.8 Å². The van der Waals surface area contributed by atoms with Gasteiger partial charge in [-0.05, 0) is 0 Å². The number of unbranched alkanes of at least 4 members (excludes halogenated alkanes) is 12. The second-order valence-corrected chi connectivity index (χ2v) is 4.74. The molecule has 0 radical (unpaired) electrons. The molecular weight excluding hydrogens is 228 g/mol. The van der Waals surface area contributed by atoms with E-state index in [1.54, 1.807) is 0 Å². The minimum absolute atomic E-state index is 0.